The highest BCUT2D eigenvalue weighted by Crippen LogP contribution is 2.38. The predicted molar refractivity (Wildman–Crippen MR) is 192 cm³/mol. The molecule has 0 fully saturated rings. The first-order valence-corrected chi connectivity index (χ1v) is 20.4. The fourth-order valence-electron chi connectivity index (χ4n) is 5.70. The van der Waals surface area contributed by atoms with E-state index in [-0.39, 0.29) is 43.9 Å². The van der Waals surface area contributed by atoms with Gasteiger partial charge >= 0.3 is 0 Å². The second kappa shape index (κ2) is 33.4. The van der Waals surface area contributed by atoms with Gasteiger partial charge in [-0.15, -0.1) is 0 Å². The molecular weight excluding hydrogens is 653 g/mol. The molecule has 0 saturated carbocycles. The number of likely N-dealkylation sites (N-methyl/N-ethyl adjacent to an activating group) is 1. The van der Waals surface area contributed by atoms with E-state index in [0.29, 0.717) is 33.0 Å². The number of allylic oxidation sites excluding steroid dienone is 2. The van der Waals surface area contributed by atoms with E-state index in [0.717, 1.165) is 13.0 Å². The van der Waals surface area contributed by atoms with Crippen LogP contribution in [-0.2, 0) is 32.6 Å². The van der Waals surface area contributed by atoms with Crippen LogP contribution in [0, 0.1) is 0 Å². The van der Waals surface area contributed by atoms with Gasteiger partial charge in [0.15, 0.2) is 0 Å². The molecule has 0 radical (unpaired) electrons. The van der Waals surface area contributed by atoms with Crippen molar-refractivity contribution >= 4 is 7.82 Å². The lowest BCUT2D eigenvalue weighted by molar-refractivity contribution is -0.917. The summed E-state index contributed by atoms with van der Waals surface area (Å²) in [6.07, 6.45) is 20.4. The minimum Gasteiger partial charge on any atom is -0.756 e. The Morgan fingerprint density at radius 3 is 1.47 bits per heavy atom. The Morgan fingerprint density at radius 1 is 0.592 bits per heavy atom. The molecule has 0 rings (SSSR count). The van der Waals surface area contributed by atoms with Crippen LogP contribution in [0.5, 0.6) is 0 Å². The summed E-state index contributed by atoms with van der Waals surface area (Å²) in [4.78, 5) is 12.0. The van der Waals surface area contributed by atoms with E-state index in [2.05, 4.69) is 19.1 Å². The molecule has 0 bridgehead atoms. The number of quaternary nitrogens is 1. The van der Waals surface area contributed by atoms with Gasteiger partial charge in [-0.1, -0.05) is 76.9 Å². The number of aliphatic hydroxyl groups is 3. The van der Waals surface area contributed by atoms with Gasteiger partial charge in [0.2, 0.25) is 0 Å². The van der Waals surface area contributed by atoms with Crippen molar-refractivity contribution in [1.29, 1.82) is 0 Å². The Kier molecular flexibility index (Phi) is 33.1. The number of aliphatic hydroxyl groups excluding tert-OH is 3. The van der Waals surface area contributed by atoms with Crippen molar-refractivity contribution in [2.24, 2.45) is 0 Å². The van der Waals surface area contributed by atoms with Crippen LogP contribution < -0.4 is 4.89 Å². The second-order valence-corrected chi connectivity index (χ2v) is 14.9. The SMILES string of the molecule is CCCCCCCC/C=C/CCCCCCCCOCCOCCOCCOCCOP(=O)([O-])OCC(O)C[N+](C)(CC(C)O)CC(C)O. The van der Waals surface area contributed by atoms with E-state index in [1.165, 1.54) is 83.5 Å². The Balaban J connectivity index is 3.50. The van der Waals surface area contributed by atoms with E-state index in [1.54, 1.807) is 20.9 Å². The second-order valence-electron chi connectivity index (χ2n) is 13.5. The average Bonchev–Trinajstić information content (AvgIpc) is 3.02. The molecule has 0 aliphatic carbocycles. The maximum Gasteiger partial charge on any atom is 0.268 e. The average molecular weight is 728 g/mol. The zero-order chi connectivity index (χ0) is 36.5. The monoisotopic (exact) mass is 727 g/mol. The summed E-state index contributed by atoms with van der Waals surface area (Å²) in [6, 6.07) is 0. The Bertz CT molecular complexity index is 778. The van der Waals surface area contributed by atoms with Gasteiger partial charge < -0.3 is 52.7 Å². The zero-order valence-corrected chi connectivity index (χ0v) is 32.4. The van der Waals surface area contributed by atoms with E-state index in [1.807, 2.05) is 0 Å². The Labute approximate surface area is 298 Å². The van der Waals surface area contributed by atoms with Crippen LogP contribution in [0.15, 0.2) is 12.2 Å². The molecular formula is C36H74NO11P. The van der Waals surface area contributed by atoms with Crippen molar-refractivity contribution < 1.29 is 57.3 Å². The number of hydrogen-bond donors (Lipinski definition) is 3. The molecule has 13 heteroatoms. The molecule has 49 heavy (non-hydrogen) atoms. The largest absolute Gasteiger partial charge is 0.756 e. The standard InChI is InChI=1S/C36H74NO11P/c1-5-6-7-8-9-10-11-12-13-14-15-16-17-18-19-20-21-43-22-23-44-24-25-45-26-27-46-28-29-47-49(41,42)48-33-36(40)32-37(4,30-34(2)38)31-35(3)39/h12-13,34-36,38-40H,5-11,14-33H2,1-4H3/b13-12+. The third-order valence-corrected chi connectivity index (χ3v) is 8.84. The first kappa shape index (κ1) is 48.5. The lowest BCUT2D eigenvalue weighted by Gasteiger charge is -2.38. The summed E-state index contributed by atoms with van der Waals surface area (Å²) in [5, 5.41) is 29.8. The molecule has 0 aliphatic heterocycles. The molecule has 0 aliphatic rings. The van der Waals surface area contributed by atoms with Crippen molar-refractivity contribution in [1.82, 2.24) is 0 Å². The molecule has 0 aromatic heterocycles. The third kappa shape index (κ3) is 35.7. The number of phosphoric acid groups is 1. The summed E-state index contributed by atoms with van der Waals surface area (Å²) in [5.74, 6) is 0. The topological polar surface area (TPSA) is 156 Å². The van der Waals surface area contributed by atoms with Crippen LogP contribution in [0.1, 0.15) is 111 Å². The van der Waals surface area contributed by atoms with Crippen LogP contribution in [0.2, 0.25) is 0 Å². The quantitative estimate of drug-likeness (QED) is 0.0334. The zero-order valence-electron chi connectivity index (χ0n) is 31.5. The fourth-order valence-corrected chi connectivity index (χ4v) is 6.42. The first-order chi connectivity index (χ1) is 23.5. The Hall–Kier alpha value is -0.470. The van der Waals surface area contributed by atoms with Gasteiger partial charge in [-0.3, -0.25) is 4.57 Å². The summed E-state index contributed by atoms with van der Waals surface area (Å²) in [6.45, 7) is 8.84. The number of ether oxygens (including phenoxy) is 4. The van der Waals surface area contributed by atoms with E-state index in [9.17, 15) is 24.8 Å². The normalized spacial score (nSPS) is 16.5. The minimum atomic E-state index is -4.62. The van der Waals surface area contributed by atoms with Crippen molar-refractivity contribution in [3.05, 3.63) is 12.2 Å². The number of rotatable bonds is 38. The highest BCUT2D eigenvalue weighted by molar-refractivity contribution is 7.45. The summed E-state index contributed by atoms with van der Waals surface area (Å²) < 4.78 is 43.6. The maximum absolute atomic E-state index is 12.0. The van der Waals surface area contributed by atoms with Crippen LogP contribution in [0.25, 0.3) is 0 Å². The minimum absolute atomic E-state index is 0.0318. The summed E-state index contributed by atoms with van der Waals surface area (Å²) >= 11 is 0. The van der Waals surface area contributed by atoms with Gasteiger partial charge in [0, 0.05) is 6.61 Å². The summed E-state index contributed by atoms with van der Waals surface area (Å²) in [5.41, 5.74) is 0. The molecule has 294 valence electrons. The number of hydrogen-bond acceptors (Lipinski definition) is 11. The molecule has 0 saturated heterocycles. The van der Waals surface area contributed by atoms with Crippen molar-refractivity contribution in [3.63, 3.8) is 0 Å². The van der Waals surface area contributed by atoms with Crippen LogP contribution in [-0.4, -0.2) is 131 Å². The van der Waals surface area contributed by atoms with Crippen molar-refractivity contribution in [2.75, 3.05) is 92.8 Å². The highest BCUT2D eigenvalue weighted by Gasteiger charge is 2.29. The van der Waals surface area contributed by atoms with Crippen LogP contribution in [0.4, 0.5) is 0 Å². The van der Waals surface area contributed by atoms with Gasteiger partial charge in [-0.2, -0.15) is 0 Å². The van der Waals surface area contributed by atoms with E-state index in [4.69, 9.17) is 28.0 Å². The summed E-state index contributed by atoms with van der Waals surface area (Å²) in [7, 11) is -2.86. The molecule has 3 N–H and O–H groups in total. The molecule has 4 atom stereocenters. The smallest absolute Gasteiger partial charge is 0.268 e. The van der Waals surface area contributed by atoms with Gasteiger partial charge in [0.25, 0.3) is 7.82 Å². The number of unbranched alkanes of at least 4 members (excludes halogenated alkanes) is 12. The van der Waals surface area contributed by atoms with E-state index < -0.39 is 32.7 Å². The van der Waals surface area contributed by atoms with Crippen LogP contribution in [0.3, 0.4) is 0 Å². The third-order valence-electron chi connectivity index (χ3n) is 7.88. The molecule has 0 aromatic carbocycles. The fraction of sp³-hybridized carbons (Fsp3) is 0.944. The Morgan fingerprint density at radius 2 is 1.00 bits per heavy atom. The van der Waals surface area contributed by atoms with Gasteiger partial charge in [-0.05, 0) is 46.0 Å². The lowest BCUT2D eigenvalue weighted by Crippen LogP contribution is -2.55. The first-order valence-electron chi connectivity index (χ1n) is 18.9. The number of nitrogens with zero attached hydrogens (tertiary/aromatic N) is 1. The van der Waals surface area contributed by atoms with Crippen molar-refractivity contribution in [2.45, 2.75) is 129 Å². The molecule has 0 spiro atoms. The highest BCUT2D eigenvalue weighted by atomic mass is 31.2. The maximum atomic E-state index is 12.0. The molecule has 0 heterocycles. The van der Waals surface area contributed by atoms with Gasteiger partial charge in [0.05, 0.1) is 66.5 Å². The van der Waals surface area contributed by atoms with Gasteiger partial charge in [-0.25, -0.2) is 0 Å². The molecule has 0 aromatic rings. The van der Waals surface area contributed by atoms with E-state index >= 15 is 0 Å². The predicted octanol–water partition coefficient (Wildman–Crippen LogP) is 5.16. The number of phosphoric ester groups is 1. The van der Waals surface area contributed by atoms with Gasteiger partial charge in [0.1, 0.15) is 37.9 Å². The molecule has 4 unspecified atom stereocenters. The molecule has 0 amide bonds. The van der Waals surface area contributed by atoms with Crippen molar-refractivity contribution in [3.8, 4) is 0 Å². The molecule has 12 nitrogen and oxygen atoms in total. The lowest BCUT2D eigenvalue weighted by atomic mass is 10.1. The van der Waals surface area contributed by atoms with Crippen LogP contribution >= 0.6 is 7.82 Å².